The van der Waals surface area contributed by atoms with E-state index in [2.05, 4.69) is 15.3 Å². The molecule has 0 aliphatic carbocycles. The zero-order chi connectivity index (χ0) is 18.7. The predicted octanol–water partition coefficient (Wildman–Crippen LogP) is 2.42. The van der Waals surface area contributed by atoms with E-state index in [0.717, 1.165) is 0 Å². The Kier molecular flexibility index (Phi) is 5.20. The third kappa shape index (κ3) is 3.84. The third-order valence-corrected chi connectivity index (χ3v) is 4.37. The Morgan fingerprint density at radius 3 is 2.54 bits per heavy atom. The summed E-state index contributed by atoms with van der Waals surface area (Å²) in [6.07, 6.45) is 3.17. The lowest BCUT2D eigenvalue weighted by Gasteiger charge is -2.41. The number of para-hydroxylation sites is 1. The van der Waals surface area contributed by atoms with Crippen molar-refractivity contribution in [2.75, 3.05) is 48.8 Å². The summed E-state index contributed by atoms with van der Waals surface area (Å²) in [5.74, 6) is 0.338. The number of nitrogens with zero attached hydrogens (tertiary/aromatic N) is 5. The monoisotopic (exact) mass is 358 g/mol. The Morgan fingerprint density at radius 1 is 1.23 bits per heavy atom. The van der Waals surface area contributed by atoms with Crippen LogP contribution in [-0.2, 0) is 0 Å². The van der Waals surface area contributed by atoms with Gasteiger partial charge in [0.05, 0.1) is 23.8 Å². The van der Waals surface area contributed by atoms with Crippen molar-refractivity contribution in [2.24, 2.45) is 0 Å². The van der Waals surface area contributed by atoms with Gasteiger partial charge in [-0.05, 0) is 19.1 Å². The maximum absolute atomic E-state index is 14.0. The van der Waals surface area contributed by atoms with E-state index in [4.69, 9.17) is 0 Å². The summed E-state index contributed by atoms with van der Waals surface area (Å²) in [7, 11) is 3.70. The van der Waals surface area contributed by atoms with E-state index in [1.54, 1.807) is 34.3 Å². The molecule has 1 aromatic heterocycles. The summed E-state index contributed by atoms with van der Waals surface area (Å²) in [5, 5.41) is 2.82. The Morgan fingerprint density at radius 2 is 1.92 bits per heavy atom. The van der Waals surface area contributed by atoms with Gasteiger partial charge in [0, 0.05) is 39.8 Å². The smallest absolute Gasteiger partial charge is 0.322 e. The molecule has 7 nitrogen and oxygen atoms in total. The first-order valence-corrected chi connectivity index (χ1v) is 8.52. The van der Waals surface area contributed by atoms with Crippen LogP contribution in [0, 0.1) is 5.82 Å². The lowest BCUT2D eigenvalue weighted by Crippen LogP contribution is -2.55. The van der Waals surface area contributed by atoms with Crippen molar-refractivity contribution in [1.29, 1.82) is 0 Å². The Hall–Kier alpha value is -2.90. The Labute approximate surface area is 152 Å². The summed E-state index contributed by atoms with van der Waals surface area (Å²) in [4.78, 5) is 26.4. The molecule has 3 rings (SSSR count). The van der Waals surface area contributed by atoms with Crippen molar-refractivity contribution in [3.63, 3.8) is 0 Å². The summed E-state index contributed by atoms with van der Waals surface area (Å²) in [5.41, 5.74) is 1.12. The van der Waals surface area contributed by atoms with Gasteiger partial charge in [-0.15, -0.1) is 0 Å². The Bertz CT molecular complexity index is 767. The van der Waals surface area contributed by atoms with Crippen molar-refractivity contribution < 1.29 is 9.18 Å². The van der Waals surface area contributed by atoms with Crippen LogP contribution in [0.25, 0.3) is 0 Å². The molecule has 1 atom stereocenters. The number of nitrogens with one attached hydrogen (secondary N) is 1. The van der Waals surface area contributed by atoms with Gasteiger partial charge < -0.3 is 20.0 Å². The Balaban J connectivity index is 1.61. The molecule has 1 aliphatic rings. The third-order valence-electron chi connectivity index (χ3n) is 4.37. The van der Waals surface area contributed by atoms with Gasteiger partial charge in [-0.2, -0.15) is 0 Å². The lowest BCUT2D eigenvalue weighted by atomic mass is 10.1. The number of hydrogen-bond acceptors (Lipinski definition) is 5. The van der Waals surface area contributed by atoms with Gasteiger partial charge in [-0.3, -0.25) is 0 Å². The number of piperazine rings is 1. The van der Waals surface area contributed by atoms with Gasteiger partial charge in [0.1, 0.15) is 5.82 Å². The van der Waals surface area contributed by atoms with Crippen LogP contribution in [0.4, 0.5) is 26.5 Å². The molecule has 26 heavy (non-hydrogen) atoms. The van der Waals surface area contributed by atoms with E-state index in [0.29, 0.717) is 37.0 Å². The molecule has 1 fully saturated rings. The quantitative estimate of drug-likeness (QED) is 0.913. The second-order valence-corrected chi connectivity index (χ2v) is 6.54. The first-order chi connectivity index (χ1) is 12.5. The minimum atomic E-state index is -0.240. The zero-order valence-corrected chi connectivity index (χ0v) is 15.2. The fraction of sp³-hybridized carbons (Fsp3) is 0.389. The van der Waals surface area contributed by atoms with Crippen LogP contribution in [0.2, 0.25) is 0 Å². The zero-order valence-electron chi connectivity index (χ0n) is 15.2. The second-order valence-electron chi connectivity index (χ2n) is 6.54. The molecule has 2 aromatic rings. The van der Waals surface area contributed by atoms with E-state index >= 15 is 0 Å². The van der Waals surface area contributed by atoms with Gasteiger partial charge >= 0.3 is 6.03 Å². The fourth-order valence-corrected chi connectivity index (χ4v) is 3.00. The van der Waals surface area contributed by atoms with Crippen molar-refractivity contribution in [2.45, 2.75) is 13.0 Å². The first kappa shape index (κ1) is 17.9. The van der Waals surface area contributed by atoms with Crippen LogP contribution in [-0.4, -0.2) is 60.7 Å². The maximum Gasteiger partial charge on any atom is 0.322 e. The van der Waals surface area contributed by atoms with Gasteiger partial charge in [0.25, 0.3) is 0 Å². The van der Waals surface area contributed by atoms with Gasteiger partial charge in [0.2, 0.25) is 5.95 Å². The number of hydrogen-bond donors (Lipinski definition) is 1. The molecule has 138 valence electrons. The average Bonchev–Trinajstić information content (AvgIpc) is 2.63. The van der Waals surface area contributed by atoms with Crippen molar-refractivity contribution in [3.8, 4) is 0 Å². The molecule has 1 aliphatic heterocycles. The molecule has 1 unspecified atom stereocenters. The van der Waals surface area contributed by atoms with Gasteiger partial charge in [0.15, 0.2) is 0 Å². The number of carbonyl (C=O) groups excluding carboxylic acids is 1. The summed E-state index contributed by atoms with van der Waals surface area (Å²) >= 11 is 0. The maximum atomic E-state index is 14.0. The average molecular weight is 358 g/mol. The first-order valence-electron chi connectivity index (χ1n) is 8.52. The van der Waals surface area contributed by atoms with Crippen LogP contribution in [0.5, 0.6) is 0 Å². The molecule has 0 radical (unpaired) electrons. The van der Waals surface area contributed by atoms with E-state index < -0.39 is 0 Å². The molecule has 0 spiro atoms. The van der Waals surface area contributed by atoms with Crippen LogP contribution in [0.15, 0.2) is 36.7 Å². The molecule has 1 N–H and O–H groups in total. The topological polar surface area (TPSA) is 64.6 Å². The van der Waals surface area contributed by atoms with E-state index in [1.807, 2.05) is 32.0 Å². The summed E-state index contributed by atoms with van der Waals surface area (Å²) in [6.45, 7) is 3.59. The molecule has 0 saturated carbocycles. The highest BCUT2D eigenvalue weighted by atomic mass is 19.1. The highest BCUT2D eigenvalue weighted by Gasteiger charge is 2.28. The molecule has 2 amide bonds. The number of halogens is 1. The van der Waals surface area contributed by atoms with Crippen molar-refractivity contribution in [1.82, 2.24) is 14.9 Å². The largest absolute Gasteiger partial charge is 0.363 e. The molecule has 1 saturated heterocycles. The summed E-state index contributed by atoms with van der Waals surface area (Å²) < 4.78 is 14.0. The van der Waals surface area contributed by atoms with Gasteiger partial charge in [-0.1, -0.05) is 12.1 Å². The molecule has 1 aromatic carbocycles. The van der Waals surface area contributed by atoms with Crippen molar-refractivity contribution in [3.05, 3.63) is 42.5 Å². The minimum absolute atomic E-state index is 0.0127. The van der Waals surface area contributed by atoms with E-state index in [-0.39, 0.29) is 17.9 Å². The molecule has 2 heterocycles. The van der Waals surface area contributed by atoms with E-state index in [9.17, 15) is 9.18 Å². The molecule has 8 heteroatoms. The van der Waals surface area contributed by atoms with E-state index in [1.165, 1.54) is 6.07 Å². The predicted molar refractivity (Wildman–Crippen MR) is 100 cm³/mol. The number of anilines is 3. The number of benzene rings is 1. The number of rotatable bonds is 3. The minimum Gasteiger partial charge on any atom is -0.363 e. The fourth-order valence-electron chi connectivity index (χ4n) is 3.00. The SMILES string of the molecule is CC1CN(C(=O)Nc2cnc(N(C)C)nc2)CCN1c1ccccc1F. The number of urea groups is 1. The molecular formula is C18H23FN6O. The highest BCUT2D eigenvalue weighted by Crippen LogP contribution is 2.23. The number of aromatic nitrogens is 2. The number of carbonyl (C=O) groups is 1. The van der Waals surface area contributed by atoms with Crippen LogP contribution in [0.3, 0.4) is 0 Å². The second kappa shape index (κ2) is 7.55. The van der Waals surface area contributed by atoms with Crippen molar-refractivity contribution >= 4 is 23.4 Å². The standard InChI is InChI=1S/C18H23FN6O/c1-13-12-24(8-9-25(13)16-7-5-4-6-15(16)19)18(26)22-14-10-20-17(21-11-14)23(2)3/h4-7,10-11,13H,8-9,12H2,1-3H3,(H,22,26). The highest BCUT2D eigenvalue weighted by molar-refractivity contribution is 5.89. The van der Waals surface area contributed by atoms with Crippen LogP contribution in [0.1, 0.15) is 6.92 Å². The number of amides is 2. The molecular weight excluding hydrogens is 335 g/mol. The lowest BCUT2D eigenvalue weighted by molar-refractivity contribution is 0.200. The van der Waals surface area contributed by atoms with Gasteiger partial charge in [-0.25, -0.2) is 19.2 Å². The normalized spacial score (nSPS) is 17.2. The summed E-state index contributed by atoms with van der Waals surface area (Å²) in [6, 6.07) is 6.53. The van der Waals surface area contributed by atoms with Crippen LogP contribution >= 0.6 is 0 Å². The molecule has 0 bridgehead atoms. The van der Waals surface area contributed by atoms with Crippen LogP contribution < -0.4 is 15.1 Å².